The van der Waals surface area contributed by atoms with Crippen molar-refractivity contribution in [1.82, 2.24) is 0 Å². The van der Waals surface area contributed by atoms with Gasteiger partial charge in [0.25, 0.3) is 0 Å². The zero-order valence-corrected chi connectivity index (χ0v) is 8.29. The molecule has 12 heteroatoms. The van der Waals surface area contributed by atoms with Gasteiger partial charge in [0.05, 0.1) is 0 Å². The number of phosphoric acid groups is 1. The maximum absolute atomic E-state index is 8.88. The molecule has 0 bridgehead atoms. The minimum absolute atomic E-state index is 0. The van der Waals surface area contributed by atoms with Gasteiger partial charge in [-0.2, -0.15) is 0 Å². The van der Waals surface area contributed by atoms with Gasteiger partial charge in [-0.15, -0.1) is 0 Å². The van der Waals surface area contributed by atoms with Crippen LogP contribution in [-0.4, -0.2) is 118 Å². The van der Waals surface area contributed by atoms with E-state index in [2.05, 4.69) is 0 Å². The summed E-state index contributed by atoms with van der Waals surface area (Å²) in [4.78, 5) is 21.6. The molecule has 5 nitrogen and oxygen atoms in total. The van der Waals surface area contributed by atoms with E-state index in [0.29, 0.717) is 0 Å². The van der Waals surface area contributed by atoms with Crippen molar-refractivity contribution in [2.75, 3.05) is 0 Å². The monoisotopic (exact) mass is 373 g/mol. The Labute approximate surface area is 178 Å². The van der Waals surface area contributed by atoms with Crippen molar-refractivity contribution in [1.29, 1.82) is 0 Å². The van der Waals surface area contributed by atoms with Gasteiger partial charge in [-0.1, -0.05) is 0 Å². The molecule has 0 atom stereocenters. The van der Waals surface area contributed by atoms with Crippen LogP contribution in [-0.2, 0) is 56.1 Å². The van der Waals surface area contributed by atoms with Crippen LogP contribution in [0.15, 0.2) is 0 Å². The van der Waals surface area contributed by atoms with Gasteiger partial charge < -0.3 is 20.2 Å². The SMILES string of the molecule is O.O=P(O)(O)O.[AlH3].[Cr].[Fe].[KH].[Mn].[NaH]. The summed E-state index contributed by atoms with van der Waals surface area (Å²) < 4.78 is 8.88. The van der Waals surface area contributed by atoms with Crippen LogP contribution in [0.4, 0.5) is 0 Å². The van der Waals surface area contributed by atoms with Crippen LogP contribution < -0.4 is 0 Å². The molecule has 0 aliphatic carbocycles. The molecular formula is H10AlCrFeKMnNaO5P. The van der Waals surface area contributed by atoms with Gasteiger partial charge in [0.1, 0.15) is 0 Å². The first-order chi connectivity index (χ1) is 2.00. The van der Waals surface area contributed by atoms with Crippen LogP contribution in [0.1, 0.15) is 0 Å². The molecule has 0 saturated carbocycles. The normalized spacial score (nSPS) is 4.92. The van der Waals surface area contributed by atoms with E-state index in [1.165, 1.54) is 0 Å². The average molecular weight is 373 g/mol. The minimum atomic E-state index is -4.64. The Morgan fingerprint density at radius 2 is 1.08 bits per heavy atom. The van der Waals surface area contributed by atoms with Crippen molar-refractivity contribution in [2.24, 2.45) is 0 Å². The summed E-state index contributed by atoms with van der Waals surface area (Å²) in [6.45, 7) is 0. The van der Waals surface area contributed by atoms with E-state index in [-0.39, 0.29) is 155 Å². The Morgan fingerprint density at radius 1 is 1.08 bits per heavy atom. The summed E-state index contributed by atoms with van der Waals surface area (Å²) in [5.74, 6) is 0. The van der Waals surface area contributed by atoms with Gasteiger partial charge >= 0.3 is 88.8 Å². The van der Waals surface area contributed by atoms with Gasteiger partial charge in [-0.3, -0.25) is 0 Å². The second-order valence-electron chi connectivity index (χ2n) is 0.513. The Balaban J connectivity index is -0.00000000381. The van der Waals surface area contributed by atoms with E-state index in [1.54, 1.807) is 0 Å². The van der Waals surface area contributed by atoms with Crippen LogP contribution in [0, 0.1) is 0 Å². The molecule has 0 aromatic rings. The second kappa shape index (κ2) is 29.7. The first-order valence-electron chi connectivity index (χ1n) is 0.783. The molecule has 0 aliphatic rings. The van der Waals surface area contributed by atoms with Crippen molar-refractivity contribution in [3.8, 4) is 0 Å². The molecule has 71 valence electrons. The van der Waals surface area contributed by atoms with Crippen molar-refractivity contribution in [2.45, 2.75) is 0 Å². The molecule has 0 heterocycles. The third-order valence-electron chi connectivity index (χ3n) is 0. The van der Waals surface area contributed by atoms with Crippen molar-refractivity contribution < 1.29 is 76.2 Å². The molecule has 0 amide bonds. The Morgan fingerprint density at radius 3 is 1.08 bits per heavy atom. The zero-order chi connectivity index (χ0) is 4.50. The first kappa shape index (κ1) is 54.1. The summed E-state index contributed by atoms with van der Waals surface area (Å²) in [6, 6.07) is 0. The van der Waals surface area contributed by atoms with Crippen LogP contribution >= 0.6 is 7.82 Å². The van der Waals surface area contributed by atoms with E-state index >= 15 is 0 Å². The summed E-state index contributed by atoms with van der Waals surface area (Å²) in [5.41, 5.74) is 0. The van der Waals surface area contributed by atoms with Gasteiger partial charge in [0.15, 0.2) is 17.4 Å². The molecule has 1 radical (unpaired) electrons. The number of hydrogen-bond acceptors (Lipinski definition) is 1. The molecule has 0 aromatic heterocycles. The molecule has 0 unspecified atom stereocenters. The standard InChI is InChI=1S/Al.Cr.Fe.K.Mn.Na.H3O4P.H2O.5H/c;;;;;;1-5(2,3)4;;;;;;/h;;;;;;(H3,1,2,3,4);1H2;;;;;. The fourth-order valence-electron chi connectivity index (χ4n) is 0. The molecule has 0 aromatic carbocycles. The summed E-state index contributed by atoms with van der Waals surface area (Å²) in [7, 11) is -4.64. The molecule has 0 aliphatic heterocycles. The van der Waals surface area contributed by atoms with E-state index < -0.39 is 7.82 Å². The third kappa shape index (κ3) is 122. The van der Waals surface area contributed by atoms with Crippen LogP contribution in [0.2, 0.25) is 0 Å². The molecular weight excluding hydrogens is 363 g/mol. The van der Waals surface area contributed by atoms with Gasteiger partial charge in [0, 0.05) is 51.5 Å². The Hall–Kier alpha value is 4.81. The summed E-state index contributed by atoms with van der Waals surface area (Å²) in [6.07, 6.45) is 0. The van der Waals surface area contributed by atoms with Gasteiger partial charge in [-0.05, 0) is 0 Å². The summed E-state index contributed by atoms with van der Waals surface area (Å²) in [5, 5.41) is 0. The van der Waals surface area contributed by atoms with Crippen LogP contribution in [0.25, 0.3) is 0 Å². The molecule has 0 spiro atoms. The van der Waals surface area contributed by atoms with Crippen LogP contribution in [0.3, 0.4) is 0 Å². The Bertz CT molecular complexity index is 77.6. The van der Waals surface area contributed by atoms with Gasteiger partial charge in [-0.25, -0.2) is 4.57 Å². The van der Waals surface area contributed by atoms with Crippen molar-refractivity contribution in [3.05, 3.63) is 0 Å². The molecule has 12 heavy (non-hydrogen) atoms. The fourth-order valence-corrected chi connectivity index (χ4v) is 0. The molecule has 0 fully saturated rings. The fraction of sp³-hybridized carbons (Fsp3) is 0. The van der Waals surface area contributed by atoms with Crippen LogP contribution in [0.5, 0.6) is 0 Å². The van der Waals surface area contributed by atoms with Crippen molar-refractivity contribution in [3.63, 3.8) is 0 Å². The number of hydrogen-bond donors (Lipinski definition) is 3. The van der Waals surface area contributed by atoms with Crippen molar-refractivity contribution >= 4 is 106 Å². The molecule has 0 rings (SSSR count). The topological polar surface area (TPSA) is 109 Å². The van der Waals surface area contributed by atoms with E-state index in [9.17, 15) is 0 Å². The number of rotatable bonds is 0. The molecule has 0 saturated heterocycles. The second-order valence-corrected chi connectivity index (χ2v) is 1.54. The third-order valence-corrected chi connectivity index (χ3v) is 0. The van der Waals surface area contributed by atoms with Gasteiger partial charge in [0.2, 0.25) is 0 Å². The molecule has 5 N–H and O–H groups in total. The van der Waals surface area contributed by atoms with E-state index in [4.69, 9.17) is 19.2 Å². The maximum atomic E-state index is 8.88. The zero-order valence-electron chi connectivity index (χ0n) is 3.84. The average Bonchev–Trinajstić information content (AvgIpc) is 0.722. The first-order valence-corrected chi connectivity index (χ1v) is 2.35. The van der Waals surface area contributed by atoms with E-state index in [0.717, 1.165) is 0 Å². The predicted molar refractivity (Wildman–Crippen MR) is 42.1 cm³/mol. The predicted octanol–water partition coefficient (Wildman–Crippen LogP) is -4.24. The van der Waals surface area contributed by atoms with E-state index in [1.807, 2.05) is 0 Å². The quantitative estimate of drug-likeness (QED) is 0.295. The Kier molecular flexibility index (Phi) is 134. The summed E-state index contributed by atoms with van der Waals surface area (Å²) >= 11 is 0.